The summed E-state index contributed by atoms with van der Waals surface area (Å²) in [5, 5.41) is 17.3. The molecule has 1 aliphatic rings. The molecule has 2 heterocycles. The topological polar surface area (TPSA) is 79.6 Å². The molecule has 1 saturated heterocycles. The van der Waals surface area contributed by atoms with Crippen LogP contribution < -0.4 is 5.32 Å². The fraction of sp³-hybridized carbons (Fsp3) is 0.474. The molecule has 0 unspecified atom stereocenters. The molecule has 1 aliphatic heterocycles. The van der Waals surface area contributed by atoms with Crippen molar-refractivity contribution in [3.05, 3.63) is 47.3 Å². The molecule has 7 nitrogen and oxygen atoms in total. The van der Waals surface area contributed by atoms with Crippen LogP contribution in [0.15, 0.2) is 30.3 Å². The minimum atomic E-state index is -0.635. The second-order valence-electron chi connectivity index (χ2n) is 6.67. The number of aliphatic hydroxyl groups is 1. The van der Waals surface area contributed by atoms with E-state index in [9.17, 15) is 9.90 Å². The van der Waals surface area contributed by atoms with Crippen LogP contribution in [0.1, 0.15) is 23.9 Å². The van der Waals surface area contributed by atoms with E-state index in [0.717, 1.165) is 22.6 Å². The number of anilines is 1. The molecule has 0 saturated carbocycles. The van der Waals surface area contributed by atoms with Gasteiger partial charge in [0.2, 0.25) is 0 Å². The first-order valence-corrected chi connectivity index (χ1v) is 8.91. The molecule has 2 amide bonds. The largest absolute Gasteiger partial charge is 0.388 e. The number of benzene rings is 1. The van der Waals surface area contributed by atoms with Gasteiger partial charge in [-0.2, -0.15) is 5.10 Å². The third-order valence-electron chi connectivity index (χ3n) is 4.66. The van der Waals surface area contributed by atoms with Crippen LogP contribution in [0.25, 0.3) is 0 Å². The second kappa shape index (κ2) is 7.88. The highest BCUT2D eigenvalue weighted by atomic mass is 16.5. The highest BCUT2D eigenvalue weighted by Gasteiger charge is 2.33. The fourth-order valence-electron chi connectivity index (χ4n) is 3.25. The molecule has 26 heavy (non-hydrogen) atoms. The van der Waals surface area contributed by atoms with E-state index in [2.05, 4.69) is 16.5 Å². The molecular formula is C19H26N4O3. The van der Waals surface area contributed by atoms with E-state index >= 15 is 0 Å². The second-order valence-corrected chi connectivity index (χ2v) is 6.67. The van der Waals surface area contributed by atoms with Gasteiger partial charge < -0.3 is 20.1 Å². The first-order chi connectivity index (χ1) is 12.5. The first kappa shape index (κ1) is 18.4. The Kier molecular flexibility index (Phi) is 5.58. The summed E-state index contributed by atoms with van der Waals surface area (Å²) in [5.74, 6) is 0. The quantitative estimate of drug-likeness (QED) is 0.858. The van der Waals surface area contributed by atoms with Crippen LogP contribution in [-0.4, -0.2) is 57.7 Å². The van der Waals surface area contributed by atoms with Gasteiger partial charge in [0.1, 0.15) is 0 Å². The van der Waals surface area contributed by atoms with Crippen LogP contribution in [0.3, 0.4) is 0 Å². The van der Waals surface area contributed by atoms with Crippen molar-refractivity contribution in [2.45, 2.75) is 39.5 Å². The number of aromatic nitrogens is 2. The number of ether oxygens (including phenoxy) is 1. The van der Waals surface area contributed by atoms with Gasteiger partial charge in [-0.15, -0.1) is 0 Å². The molecule has 0 spiro atoms. The van der Waals surface area contributed by atoms with Crippen molar-refractivity contribution in [3.63, 3.8) is 0 Å². The molecular weight excluding hydrogens is 332 g/mol. The van der Waals surface area contributed by atoms with E-state index in [4.69, 9.17) is 4.74 Å². The van der Waals surface area contributed by atoms with Crippen LogP contribution in [0.2, 0.25) is 0 Å². The lowest BCUT2D eigenvalue weighted by molar-refractivity contribution is 0.1000. The molecule has 0 radical (unpaired) electrons. The Balaban J connectivity index is 1.63. The van der Waals surface area contributed by atoms with Crippen molar-refractivity contribution in [3.8, 4) is 0 Å². The zero-order valence-electron chi connectivity index (χ0n) is 15.5. The van der Waals surface area contributed by atoms with E-state index in [-0.39, 0.29) is 18.7 Å². The average Bonchev–Trinajstić information content (AvgIpc) is 3.15. The molecule has 0 aliphatic carbocycles. The summed E-state index contributed by atoms with van der Waals surface area (Å²) in [7, 11) is 0. The van der Waals surface area contributed by atoms with Crippen molar-refractivity contribution in [2.24, 2.45) is 0 Å². The van der Waals surface area contributed by atoms with Crippen molar-refractivity contribution < 1.29 is 14.6 Å². The number of aliphatic hydroxyl groups excluding tert-OH is 1. The number of carbonyl (C=O) groups is 1. The predicted molar refractivity (Wildman–Crippen MR) is 99.3 cm³/mol. The van der Waals surface area contributed by atoms with Gasteiger partial charge in [-0.1, -0.05) is 12.1 Å². The normalized spacial score (nSPS) is 19.5. The number of likely N-dealkylation sites (N-methyl/N-ethyl adjacent to an activating group) is 1. The predicted octanol–water partition coefficient (Wildman–Crippen LogP) is 2.16. The van der Waals surface area contributed by atoms with Crippen LogP contribution in [0.5, 0.6) is 0 Å². The van der Waals surface area contributed by atoms with E-state index in [1.165, 1.54) is 0 Å². The summed E-state index contributed by atoms with van der Waals surface area (Å²) < 4.78 is 7.22. The molecule has 2 aromatic rings. The molecule has 1 fully saturated rings. The standard InChI is InChI=1S/C19H26N4O3/c1-4-22(17-11-26-12-18(17)24)19(25)20-16-7-5-15(6-8-16)10-23-14(3)9-13(2)21-23/h5-9,17-18,24H,4,10-12H2,1-3H3,(H,20,25)/t17-,18-/m0/s1. The lowest BCUT2D eigenvalue weighted by atomic mass is 10.2. The summed E-state index contributed by atoms with van der Waals surface area (Å²) in [6.07, 6.45) is -0.635. The highest BCUT2D eigenvalue weighted by Crippen LogP contribution is 2.17. The van der Waals surface area contributed by atoms with Crippen molar-refractivity contribution in [2.75, 3.05) is 25.1 Å². The third-order valence-corrected chi connectivity index (χ3v) is 4.66. The Labute approximate surface area is 153 Å². The summed E-state index contributed by atoms with van der Waals surface area (Å²) >= 11 is 0. The lowest BCUT2D eigenvalue weighted by Gasteiger charge is -2.28. The minimum absolute atomic E-state index is 0.228. The Bertz CT molecular complexity index is 757. The number of nitrogens with one attached hydrogen (secondary N) is 1. The smallest absolute Gasteiger partial charge is 0.322 e. The number of hydrogen-bond acceptors (Lipinski definition) is 4. The number of carbonyl (C=O) groups excluding carboxylic acids is 1. The van der Waals surface area contributed by atoms with Gasteiger partial charge in [-0.3, -0.25) is 4.68 Å². The maximum atomic E-state index is 12.5. The van der Waals surface area contributed by atoms with Gasteiger partial charge in [0.05, 0.1) is 37.6 Å². The Morgan fingerprint density at radius 3 is 2.62 bits per heavy atom. The summed E-state index contributed by atoms with van der Waals surface area (Å²) in [6, 6.07) is 9.25. The van der Waals surface area contributed by atoms with Gasteiger partial charge in [0.15, 0.2) is 0 Å². The molecule has 1 aromatic heterocycles. The van der Waals surface area contributed by atoms with E-state index in [1.807, 2.05) is 49.7 Å². The minimum Gasteiger partial charge on any atom is -0.388 e. The lowest BCUT2D eigenvalue weighted by Crippen LogP contribution is -2.48. The Morgan fingerprint density at radius 2 is 2.08 bits per heavy atom. The van der Waals surface area contributed by atoms with Crippen LogP contribution in [-0.2, 0) is 11.3 Å². The molecule has 2 N–H and O–H groups in total. The summed E-state index contributed by atoms with van der Waals surface area (Å²) in [4.78, 5) is 14.1. The zero-order chi connectivity index (χ0) is 18.7. The molecule has 0 bridgehead atoms. The van der Waals surface area contributed by atoms with Crippen LogP contribution >= 0.6 is 0 Å². The number of urea groups is 1. The zero-order valence-corrected chi connectivity index (χ0v) is 15.5. The molecule has 140 valence electrons. The highest BCUT2D eigenvalue weighted by molar-refractivity contribution is 5.89. The van der Waals surface area contributed by atoms with Gasteiger partial charge in [0, 0.05) is 17.9 Å². The SMILES string of the molecule is CCN(C(=O)Nc1ccc(Cn2nc(C)cc2C)cc1)[C@H]1COC[C@@H]1O. The number of aryl methyl sites for hydroxylation is 2. The van der Waals surface area contributed by atoms with Gasteiger partial charge in [-0.05, 0) is 44.5 Å². The Hall–Kier alpha value is -2.38. The van der Waals surface area contributed by atoms with Gasteiger partial charge in [0.25, 0.3) is 0 Å². The van der Waals surface area contributed by atoms with E-state index in [1.54, 1.807) is 4.90 Å². The van der Waals surface area contributed by atoms with Crippen molar-refractivity contribution in [1.82, 2.24) is 14.7 Å². The Morgan fingerprint density at radius 1 is 1.35 bits per heavy atom. The van der Waals surface area contributed by atoms with Gasteiger partial charge in [-0.25, -0.2) is 4.79 Å². The van der Waals surface area contributed by atoms with E-state index < -0.39 is 6.10 Å². The maximum Gasteiger partial charge on any atom is 0.322 e. The molecule has 3 rings (SSSR count). The number of hydrogen-bond donors (Lipinski definition) is 2. The average molecular weight is 358 g/mol. The number of rotatable bonds is 5. The summed E-state index contributed by atoms with van der Waals surface area (Å²) in [5.41, 5.74) is 3.96. The monoisotopic (exact) mass is 358 g/mol. The van der Waals surface area contributed by atoms with Crippen molar-refractivity contribution in [1.29, 1.82) is 0 Å². The number of nitrogens with zero attached hydrogens (tertiary/aromatic N) is 3. The third kappa shape index (κ3) is 4.05. The fourth-order valence-corrected chi connectivity index (χ4v) is 3.25. The van der Waals surface area contributed by atoms with Crippen LogP contribution in [0.4, 0.5) is 10.5 Å². The van der Waals surface area contributed by atoms with E-state index in [0.29, 0.717) is 19.7 Å². The maximum absolute atomic E-state index is 12.5. The molecule has 7 heteroatoms. The summed E-state index contributed by atoms with van der Waals surface area (Å²) in [6.45, 7) is 7.75. The number of amides is 2. The van der Waals surface area contributed by atoms with Crippen molar-refractivity contribution >= 4 is 11.7 Å². The first-order valence-electron chi connectivity index (χ1n) is 8.91. The van der Waals surface area contributed by atoms with Gasteiger partial charge >= 0.3 is 6.03 Å². The molecule has 2 atom stereocenters. The molecule has 1 aromatic carbocycles. The van der Waals surface area contributed by atoms with Crippen LogP contribution in [0, 0.1) is 13.8 Å².